The predicted octanol–water partition coefficient (Wildman–Crippen LogP) is 1.38. The van der Waals surface area contributed by atoms with Crippen LogP contribution in [0.5, 0.6) is 34.5 Å². The minimum atomic E-state index is -1.84. The van der Waals surface area contributed by atoms with Crippen molar-refractivity contribution < 1.29 is 64.3 Å². The highest BCUT2D eigenvalue weighted by Crippen LogP contribution is 2.43. The Labute approximate surface area is 247 Å². The number of carbonyl (C=O) groups is 1. The number of fused-ring (bicyclic) bond motifs is 1. The standard InChI is InChI=1S/C30H26O14/c31-15-9-19(34)16-11-23(29(42-22(16)10-15)14-3-5-18(33)21(36)8-14)43-30-28(40)27(39)26(38)24(44-30)12-41-25(37)6-2-13-1-4-17(32)20(35)7-13/h1-11,24,26-28,30,32-36,38-40H,12H2. The zero-order valence-corrected chi connectivity index (χ0v) is 22.5. The van der Waals surface area contributed by atoms with E-state index in [1.807, 2.05) is 0 Å². The third-order valence-corrected chi connectivity index (χ3v) is 6.76. The molecule has 0 radical (unpaired) electrons. The molecule has 44 heavy (non-hydrogen) atoms. The Morgan fingerprint density at radius 2 is 1.50 bits per heavy atom. The van der Waals surface area contributed by atoms with Gasteiger partial charge in [0, 0.05) is 23.8 Å². The first-order valence-electron chi connectivity index (χ1n) is 13.0. The van der Waals surface area contributed by atoms with Crippen molar-refractivity contribution in [2.75, 3.05) is 6.61 Å². The van der Waals surface area contributed by atoms with Crippen LogP contribution in [0, 0.1) is 0 Å². The van der Waals surface area contributed by atoms with Crippen LogP contribution in [0.4, 0.5) is 0 Å². The van der Waals surface area contributed by atoms with Crippen molar-refractivity contribution in [1.29, 1.82) is 0 Å². The molecule has 2 aromatic rings. The van der Waals surface area contributed by atoms with Crippen molar-refractivity contribution in [3.05, 3.63) is 76.5 Å². The molecule has 0 spiro atoms. The lowest BCUT2D eigenvalue weighted by Gasteiger charge is -2.40. The minimum Gasteiger partial charge on any atom is -0.507 e. The molecule has 5 unspecified atom stereocenters. The van der Waals surface area contributed by atoms with E-state index in [0.717, 1.165) is 30.3 Å². The fraction of sp³-hybridized carbons (Fsp3) is 0.200. The molecule has 2 aromatic carbocycles. The van der Waals surface area contributed by atoms with Crippen LogP contribution in [0.25, 0.3) is 28.7 Å². The van der Waals surface area contributed by atoms with Gasteiger partial charge in [-0.05, 0) is 48.0 Å². The molecule has 5 rings (SSSR count). The first-order chi connectivity index (χ1) is 20.9. The van der Waals surface area contributed by atoms with Crippen LogP contribution in [0.1, 0.15) is 5.56 Å². The van der Waals surface area contributed by atoms with Crippen molar-refractivity contribution in [3.63, 3.8) is 0 Å². The second-order valence-corrected chi connectivity index (χ2v) is 9.84. The summed E-state index contributed by atoms with van der Waals surface area (Å²) in [5.41, 5.74) is -0.0349. The average Bonchev–Trinajstić information content (AvgIpc) is 2.98. The number of hydrogen-bond acceptors (Lipinski definition) is 14. The molecule has 8 N–H and O–H groups in total. The lowest BCUT2D eigenvalue weighted by Crippen LogP contribution is -2.60. The van der Waals surface area contributed by atoms with Crippen molar-refractivity contribution >= 4 is 12.0 Å². The Balaban J connectivity index is 1.39. The van der Waals surface area contributed by atoms with Gasteiger partial charge in [-0.3, -0.25) is 4.79 Å². The number of phenols is 5. The maximum atomic E-state index is 12.3. The highest BCUT2D eigenvalue weighted by Gasteiger charge is 2.46. The molecule has 1 fully saturated rings. The van der Waals surface area contributed by atoms with Crippen LogP contribution in [-0.2, 0) is 14.3 Å². The largest absolute Gasteiger partial charge is 0.507 e. The first-order valence-corrected chi connectivity index (χ1v) is 13.0. The summed E-state index contributed by atoms with van der Waals surface area (Å²) < 4.78 is 22.4. The van der Waals surface area contributed by atoms with Gasteiger partial charge < -0.3 is 59.5 Å². The highest BCUT2D eigenvalue weighted by atomic mass is 16.7. The van der Waals surface area contributed by atoms with Crippen LogP contribution in [-0.4, -0.2) is 84.1 Å². The quantitative estimate of drug-likeness (QED) is 0.0839. The second-order valence-electron chi connectivity index (χ2n) is 9.84. The lowest BCUT2D eigenvalue weighted by atomic mass is 9.99. The molecule has 5 atom stereocenters. The molecule has 0 bridgehead atoms. The van der Waals surface area contributed by atoms with E-state index in [9.17, 15) is 50.4 Å². The van der Waals surface area contributed by atoms with Gasteiger partial charge in [-0.25, -0.2) is 4.79 Å². The zero-order valence-electron chi connectivity index (χ0n) is 22.5. The Morgan fingerprint density at radius 1 is 0.795 bits per heavy atom. The van der Waals surface area contributed by atoms with Crippen LogP contribution in [0.2, 0.25) is 0 Å². The van der Waals surface area contributed by atoms with E-state index < -0.39 is 71.7 Å². The van der Waals surface area contributed by atoms with Gasteiger partial charge in [0.1, 0.15) is 42.5 Å². The average molecular weight is 611 g/mol. The summed E-state index contributed by atoms with van der Waals surface area (Å²) in [4.78, 5) is 24.2. The number of aliphatic hydroxyl groups is 3. The Hall–Kier alpha value is -5.28. The Morgan fingerprint density at radius 3 is 2.20 bits per heavy atom. The summed E-state index contributed by atoms with van der Waals surface area (Å²) in [7, 11) is 0. The van der Waals surface area contributed by atoms with E-state index >= 15 is 0 Å². The molecule has 0 aromatic heterocycles. The maximum absolute atomic E-state index is 12.3. The lowest BCUT2D eigenvalue weighted by molar-refractivity contribution is -0.278. The van der Waals surface area contributed by atoms with Crippen LogP contribution >= 0.6 is 0 Å². The molecule has 2 heterocycles. The summed E-state index contributed by atoms with van der Waals surface area (Å²) in [5, 5.41) is 80.7. The number of hydrogen-bond donors (Lipinski definition) is 8. The fourth-order valence-electron chi connectivity index (χ4n) is 4.42. The Kier molecular flexibility index (Phi) is 8.33. The molecule has 0 amide bonds. The topological polar surface area (TPSA) is 237 Å². The normalized spacial score (nSPS) is 21.8. The second kappa shape index (κ2) is 12.1. The van der Waals surface area contributed by atoms with Gasteiger partial charge >= 0.3 is 5.97 Å². The van der Waals surface area contributed by atoms with Gasteiger partial charge in [0.2, 0.25) is 6.29 Å². The summed E-state index contributed by atoms with van der Waals surface area (Å²) >= 11 is 0. The number of ether oxygens (including phenoxy) is 3. The number of benzene rings is 3. The molecule has 1 aliphatic carbocycles. The predicted molar refractivity (Wildman–Crippen MR) is 149 cm³/mol. The molecule has 2 aliphatic heterocycles. The van der Waals surface area contributed by atoms with Crippen molar-refractivity contribution in [2.24, 2.45) is 0 Å². The Bertz CT molecular complexity index is 1740. The SMILES string of the molecule is O=C(C=Cc1ccc(O)c(O)c1)OCC1OC(Oc2cc3c(O)cc(=O)cc-3oc2-c2ccc(O)c(O)c2)C(O)C(O)C1O. The number of esters is 1. The van der Waals surface area contributed by atoms with Gasteiger partial charge in [-0.1, -0.05) is 6.07 Å². The van der Waals surface area contributed by atoms with E-state index in [-0.39, 0.29) is 34.1 Å². The summed E-state index contributed by atoms with van der Waals surface area (Å²) in [6.07, 6.45) is -6.19. The van der Waals surface area contributed by atoms with Gasteiger partial charge in [-0.2, -0.15) is 0 Å². The molecular formula is C30H26O14. The van der Waals surface area contributed by atoms with E-state index in [4.69, 9.17) is 18.6 Å². The molecule has 14 nitrogen and oxygen atoms in total. The summed E-state index contributed by atoms with van der Waals surface area (Å²) in [5.74, 6) is -3.45. The summed E-state index contributed by atoms with van der Waals surface area (Å²) in [6.45, 7) is -0.595. The maximum Gasteiger partial charge on any atom is 0.330 e. The number of carbonyl (C=O) groups excluding carboxylic acids is 1. The number of phenolic OH excluding ortho intramolecular Hbond substituents is 5. The highest BCUT2D eigenvalue weighted by molar-refractivity contribution is 5.87. The minimum absolute atomic E-state index is 0.0245. The van der Waals surface area contributed by atoms with Crippen LogP contribution in [0.15, 0.2) is 69.9 Å². The number of aromatic hydroxyl groups is 5. The first kappa shape index (κ1) is 30.2. The van der Waals surface area contributed by atoms with E-state index in [1.54, 1.807) is 0 Å². The molecular weight excluding hydrogens is 584 g/mol. The fourth-order valence-corrected chi connectivity index (χ4v) is 4.42. The van der Waals surface area contributed by atoms with Crippen molar-refractivity contribution in [2.45, 2.75) is 30.7 Å². The number of rotatable bonds is 7. The van der Waals surface area contributed by atoms with Crippen molar-refractivity contribution in [3.8, 4) is 57.1 Å². The van der Waals surface area contributed by atoms with E-state index in [0.29, 0.717) is 5.56 Å². The monoisotopic (exact) mass is 610 g/mol. The summed E-state index contributed by atoms with van der Waals surface area (Å²) in [6, 6.07) is 10.8. The molecule has 1 saturated heterocycles. The van der Waals surface area contributed by atoms with Crippen molar-refractivity contribution in [1.82, 2.24) is 0 Å². The van der Waals surface area contributed by atoms with Gasteiger partial charge in [0.05, 0.1) is 5.56 Å². The molecule has 230 valence electrons. The number of aliphatic hydroxyl groups excluding tert-OH is 3. The third-order valence-electron chi connectivity index (χ3n) is 6.76. The van der Waals surface area contributed by atoms with Gasteiger partial charge in [0.25, 0.3) is 0 Å². The van der Waals surface area contributed by atoms with Crippen LogP contribution < -0.4 is 10.2 Å². The van der Waals surface area contributed by atoms with E-state index in [2.05, 4.69) is 0 Å². The third kappa shape index (κ3) is 6.23. The zero-order chi connectivity index (χ0) is 31.7. The van der Waals surface area contributed by atoms with Crippen LogP contribution in [0.3, 0.4) is 0 Å². The molecule has 3 aliphatic rings. The molecule has 14 heteroatoms. The van der Waals surface area contributed by atoms with Gasteiger partial charge in [-0.15, -0.1) is 0 Å². The smallest absolute Gasteiger partial charge is 0.330 e. The van der Waals surface area contributed by atoms with Gasteiger partial charge in [0.15, 0.2) is 39.9 Å². The van der Waals surface area contributed by atoms with E-state index in [1.165, 1.54) is 36.4 Å². The molecule has 0 saturated carbocycles.